The smallest absolute Gasteiger partial charge is 0.323 e. The number of amides is 1. The first kappa shape index (κ1) is 17.3. The Balaban J connectivity index is 2.68. The predicted molar refractivity (Wildman–Crippen MR) is 76.6 cm³/mol. The van der Waals surface area contributed by atoms with E-state index in [-0.39, 0.29) is 12.8 Å². The van der Waals surface area contributed by atoms with Gasteiger partial charge in [-0.1, -0.05) is 29.3 Å². The second-order valence-corrected chi connectivity index (χ2v) is 5.12. The third-order valence-electron chi connectivity index (χ3n) is 2.63. The summed E-state index contributed by atoms with van der Waals surface area (Å²) < 4.78 is 0. The van der Waals surface area contributed by atoms with E-state index in [1.165, 1.54) is 6.07 Å². The van der Waals surface area contributed by atoms with Crippen LogP contribution in [0, 0.1) is 0 Å². The Morgan fingerprint density at radius 2 is 1.62 bits per heavy atom. The standard InChI is InChI=1S/C13H13Cl2NO5/c14-9-3-1-8(10(15)5-9)2-4-11(17)16(6-12(18)19)7-13(20)21/h1,3,5H,2,4,6-7H2,(H,18,19)(H,20,21). The minimum absolute atomic E-state index is 0.0398. The zero-order valence-corrected chi connectivity index (χ0v) is 12.4. The molecule has 21 heavy (non-hydrogen) atoms. The molecule has 0 heterocycles. The van der Waals surface area contributed by atoms with Gasteiger partial charge in [-0.05, 0) is 24.1 Å². The summed E-state index contributed by atoms with van der Waals surface area (Å²) >= 11 is 11.7. The molecule has 114 valence electrons. The lowest BCUT2D eigenvalue weighted by Gasteiger charge is -2.18. The molecule has 0 saturated heterocycles. The number of aliphatic carboxylic acids is 2. The lowest BCUT2D eigenvalue weighted by Crippen LogP contribution is -2.39. The molecule has 1 aromatic rings. The SMILES string of the molecule is O=C(O)CN(CC(=O)O)C(=O)CCc1ccc(Cl)cc1Cl. The fraction of sp³-hybridized carbons (Fsp3) is 0.308. The zero-order valence-electron chi connectivity index (χ0n) is 10.9. The molecule has 6 nitrogen and oxygen atoms in total. The highest BCUT2D eigenvalue weighted by atomic mass is 35.5. The Hall–Kier alpha value is -1.79. The Morgan fingerprint density at radius 3 is 2.10 bits per heavy atom. The molecular weight excluding hydrogens is 321 g/mol. The van der Waals surface area contributed by atoms with Gasteiger partial charge in [0.1, 0.15) is 13.1 Å². The Morgan fingerprint density at radius 1 is 1.05 bits per heavy atom. The van der Waals surface area contributed by atoms with Crippen LogP contribution in [0.1, 0.15) is 12.0 Å². The average Bonchev–Trinajstić information content (AvgIpc) is 2.35. The molecule has 0 bridgehead atoms. The third-order valence-corrected chi connectivity index (χ3v) is 3.22. The van der Waals surface area contributed by atoms with Crippen molar-refractivity contribution >= 4 is 41.0 Å². The van der Waals surface area contributed by atoms with Gasteiger partial charge in [0, 0.05) is 16.5 Å². The van der Waals surface area contributed by atoms with E-state index in [4.69, 9.17) is 33.4 Å². The molecule has 1 aromatic carbocycles. The number of benzene rings is 1. The molecule has 1 rings (SSSR count). The van der Waals surface area contributed by atoms with Crippen molar-refractivity contribution in [3.8, 4) is 0 Å². The number of halogens is 2. The van der Waals surface area contributed by atoms with Gasteiger partial charge in [-0.2, -0.15) is 0 Å². The van der Waals surface area contributed by atoms with E-state index in [0.717, 1.165) is 4.90 Å². The Kier molecular flexibility index (Phi) is 6.45. The second kappa shape index (κ2) is 7.85. The van der Waals surface area contributed by atoms with Crippen molar-refractivity contribution in [3.05, 3.63) is 33.8 Å². The number of carbonyl (C=O) groups is 3. The van der Waals surface area contributed by atoms with E-state index >= 15 is 0 Å². The average molecular weight is 334 g/mol. The van der Waals surface area contributed by atoms with Crippen molar-refractivity contribution in [2.75, 3.05) is 13.1 Å². The molecule has 0 fully saturated rings. The van der Waals surface area contributed by atoms with Crippen molar-refractivity contribution < 1.29 is 24.6 Å². The molecule has 0 aromatic heterocycles. The van der Waals surface area contributed by atoms with Crippen LogP contribution in [0.25, 0.3) is 0 Å². The van der Waals surface area contributed by atoms with E-state index in [1.54, 1.807) is 12.1 Å². The number of hydrogen-bond donors (Lipinski definition) is 2. The number of nitrogens with zero attached hydrogens (tertiary/aromatic N) is 1. The molecule has 0 atom stereocenters. The minimum atomic E-state index is -1.27. The molecule has 0 unspecified atom stereocenters. The van der Waals surface area contributed by atoms with Crippen LogP contribution in [-0.2, 0) is 20.8 Å². The van der Waals surface area contributed by atoms with Crippen LogP contribution in [0.2, 0.25) is 10.0 Å². The van der Waals surface area contributed by atoms with Gasteiger partial charge in [0.2, 0.25) is 5.91 Å². The van der Waals surface area contributed by atoms with Crippen LogP contribution in [0.4, 0.5) is 0 Å². The zero-order chi connectivity index (χ0) is 16.0. The number of rotatable bonds is 7. The third kappa shape index (κ3) is 6.01. The van der Waals surface area contributed by atoms with E-state index in [2.05, 4.69) is 0 Å². The normalized spacial score (nSPS) is 10.2. The quantitative estimate of drug-likeness (QED) is 0.794. The number of aryl methyl sites for hydroxylation is 1. The number of hydrogen-bond acceptors (Lipinski definition) is 3. The van der Waals surface area contributed by atoms with E-state index in [1.807, 2.05) is 0 Å². The number of carboxylic acid groups (broad SMARTS) is 2. The molecule has 0 aliphatic rings. The summed E-state index contributed by atoms with van der Waals surface area (Å²) in [6, 6.07) is 4.82. The summed E-state index contributed by atoms with van der Waals surface area (Å²) in [6.45, 7) is -1.31. The second-order valence-electron chi connectivity index (χ2n) is 4.27. The lowest BCUT2D eigenvalue weighted by atomic mass is 10.1. The van der Waals surface area contributed by atoms with E-state index in [0.29, 0.717) is 15.6 Å². The maximum atomic E-state index is 11.9. The topological polar surface area (TPSA) is 94.9 Å². The summed E-state index contributed by atoms with van der Waals surface area (Å²) in [5, 5.41) is 18.2. The van der Waals surface area contributed by atoms with Gasteiger partial charge < -0.3 is 15.1 Å². The van der Waals surface area contributed by atoms with Gasteiger partial charge in [0.05, 0.1) is 0 Å². The fourth-order valence-electron chi connectivity index (χ4n) is 1.68. The molecule has 8 heteroatoms. The van der Waals surface area contributed by atoms with Gasteiger partial charge in [-0.15, -0.1) is 0 Å². The highest BCUT2D eigenvalue weighted by Gasteiger charge is 2.19. The van der Waals surface area contributed by atoms with Gasteiger partial charge in [0.15, 0.2) is 0 Å². The highest BCUT2D eigenvalue weighted by molar-refractivity contribution is 6.35. The highest BCUT2D eigenvalue weighted by Crippen LogP contribution is 2.22. The number of carboxylic acids is 2. The van der Waals surface area contributed by atoms with E-state index < -0.39 is 30.9 Å². The molecule has 2 N–H and O–H groups in total. The van der Waals surface area contributed by atoms with Crippen LogP contribution in [-0.4, -0.2) is 46.0 Å². The maximum Gasteiger partial charge on any atom is 0.323 e. The summed E-state index contributed by atoms with van der Waals surface area (Å²) in [7, 11) is 0. The first-order valence-corrected chi connectivity index (χ1v) is 6.70. The van der Waals surface area contributed by atoms with Crippen molar-refractivity contribution in [2.24, 2.45) is 0 Å². The molecule has 0 aliphatic carbocycles. The van der Waals surface area contributed by atoms with Crippen LogP contribution < -0.4 is 0 Å². The van der Waals surface area contributed by atoms with Gasteiger partial charge in [0.25, 0.3) is 0 Å². The number of carbonyl (C=O) groups excluding carboxylic acids is 1. The van der Waals surface area contributed by atoms with Gasteiger partial charge >= 0.3 is 11.9 Å². The van der Waals surface area contributed by atoms with Crippen LogP contribution in [0.3, 0.4) is 0 Å². The summed E-state index contributed by atoms with van der Waals surface area (Å²) in [5.41, 5.74) is 0.681. The molecule has 0 spiro atoms. The van der Waals surface area contributed by atoms with Crippen LogP contribution >= 0.6 is 23.2 Å². The van der Waals surface area contributed by atoms with Crippen LogP contribution in [0.5, 0.6) is 0 Å². The molecule has 0 saturated carbocycles. The monoisotopic (exact) mass is 333 g/mol. The van der Waals surface area contributed by atoms with E-state index in [9.17, 15) is 14.4 Å². The van der Waals surface area contributed by atoms with Crippen molar-refractivity contribution in [1.29, 1.82) is 0 Å². The minimum Gasteiger partial charge on any atom is -0.480 e. The van der Waals surface area contributed by atoms with Crippen molar-refractivity contribution in [1.82, 2.24) is 4.90 Å². The molecular formula is C13H13Cl2NO5. The first-order valence-electron chi connectivity index (χ1n) is 5.95. The maximum absolute atomic E-state index is 11.9. The molecule has 1 amide bonds. The predicted octanol–water partition coefficient (Wildman–Crippen LogP) is 1.92. The Labute approximate surface area is 130 Å². The molecule has 0 radical (unpaired) electrons. The van der Waals surface area contributed by atoms with Crippen molar-refractivity contribution in [3.63, 3.8) is 0 Å². The fourth-order valence-corrected chi connectivity index (χ4v) is 2.19. The van der Waals surface area contributed by atoms with Gasteiger partial charge in [-0.25, -0.2) is 0 Å². The van der Waals surface area contributed by atoms with Crippen LogP contribution in [0.15, 0.2) is 18.2 Å². The van der Waals surface area contributed by atoms with Crippen molar-refractivity contribution in [2.45, 2.75) is 12.8 Å². The lowest BCUT2D eigenvalue weighted by molar-refractivity contribution is -0.149. The largest absolute Gasteiger partial charge is 0.480 e. The molecule has 0 aliphatic heterocycles. The summed E-state index contributed by atoms with van der Waals surface area (Å²) in [5.74, 6) is -3.10. The Bertz CT molecular complexity index is 545. The summed E-state index contributed by atoms with van der Waals surface area (Å²) in [4.78, 5) is 33.9. The summed E-state index contributed by atoms with van der Waals surface area (Å²) in [6.07, 6.45) is 0.229. The first-order chi connectivity index (χ1) is 9.79. The van der Waals surface area contributed by atoms with Gasteiger partial charge in [-0.3, -0.25) is 14.4 Å².